The van der Waals surface area contributed by atoms with Gasteiger partial charge in [0.15, 0.2) is 0 Å². The van der Waals surface area contributed by atoms with Gasteiger partial charge in [0.05, 0.1) is 11.4 Å². The van der Waals surface area contributed by atoms with Gasteiger partial charge < -0.3 is 10.4 Å². The summed E-state index contributed by atoms with van der Waals surface area (Å²) in [5, 5.41) is 16.6. The standard InChI is InChI=1S/C18H15N3O3/c1-12-7-8-14(16(22)11-12)19-18(24)15-9-10-17(23)21(20-15)13-5-3-2-4-6-13/h2-11,22H,1H3,(H,19,24). The predicted molar refractivity (Wildman–Crippen MR) is 90.6 cm³/mol. The van der Waals surface area contributed by atoms with E-state index in [9.17, 15) is 14.7 Å². The minimum Gasteiger partial charge on any atom is -0.506 e. The second-order valence-electron chi connectivity index (χ2n) is 5.28. The van der Waals surface area contributed by atoms with Gasteiger partial charge in [0.1, 0.15) is 11.4 Å². The Hall–Kier alpha value is -3.41. The number of aromatic nitrogens is 2. The van der Waals surface area contributed by atoms with Crippen LogP contribution in [0.25, 0.3) is 5.69 Å². The molecule has 0 aliphatic rings. The molecule has 0 saturated heterocycles. The number of aromatic hydroxyl groups is 1. The molecule has 6 nitrogen and oxygen atoms in total. The number of para-hydroxylation sites is 1. The van der Waals surface area contributed by atoms with Crippen LogP contribution in [0, 0.1) is 6.92 Å². The first-order valence-corrected chi connectivity index (χ1v) is 7.31. The van der Waals surface area contributed by atoms with E-state index in [1.54, 1.807) is 42.5 Å². The Labute approximate surface area is 138 Å². The molecule has 24 heavy (non-hydrogen) atoms. The number of hydrogen-bond donors (Lipinski definition) is 2. The van der Waals surface area contributed by atoms with Crippen LogP contribution >= 0.6 is 0 Å². The number of phenolic OH excluding ortho intramolecular Hbond substituents is 1. The number of carbonyl (C=O) groups is 1. The number of nitrogens with one attached hydrogen (secondary N) is 1. The van der Waals surface area contributed by atoms with Gasteiger partial charge in [-0.1, -0.05) is 24.3 Å². The maximum absolute atomic E-state index is 12.3. The fourth-order valence-electron chi connectivity index (χ4n) is 2.22. The van der Waals surface area contributed by atoms with Crippen molar-refractivity contribution in [2.45, 2.75) is 6.92 Å². The quantitative estimate of drug-likeness (QED) is 0.726. The lowest BCUT2D eigenvalue weighted by molar-refractivity contribution is 0.102. The molecule has 2 aromatic carbocycles. The predicted octanol–water partition coefficient (Wildman–Crippen LogP) is 2.50. The number of rotatable bonds is 3. The topological polar surface area (TPSA) is 84.2 Å². The highest BCUT2D eigenvalue weighted by molar-refractivity contribution is 6.03. The third-order valence-electron chi connectivity index (χ3n) is 3.44. The Bertz CT molecular complexity index is 949. The number of amides is 1. The summed E-state index contributed by atoms with van der Waals surface area (Å²) < 4.78 is 1.16. The summed E-state index contributed by atoms with van der Waals surface area (Å²) in [6.45, 7) is 1.84. The lowest BCUT2D eigenvalue weighted by Gasteiger charge is -2.09. The van der Waals surface area contributed by atoms with Crippen molar-refractivity contribution >= 4 is 11.6 Å². The van der Waals surface area contributed by atoms with Gasteiger partial charge in [-0.15, -0.1) is 0 Å². The van der Waals surface area contributed by atoms with Gasteiger partial charge in [0.2, 0.25) is 0 Å². The highest BCUT2D eigenvalue weighted by Crippen LogP contribution is 2.24. The molecule has 0 fully saturated rings. The number of phenols is 1. The van der Waals surface area contributed by atoms with Crippen molar-refractivity contribution in [3.8, 4) is 11.4 Å². The fourth-order valence-corrected chi connectivity index (χ4v) is 2.22. The molecule has 6 heteroatoms. The Balaban J connectivity index is 1.92. The first-order chi connectivity index (χ1) is 11.5. The highest BCUT2D eigenvalue weighted by Gasteiger charge is 2.12. The summed E-state index contributed by atoms with van der Waals surface area (Å²) >= 11 is 0. The second-order valence-corrected chi connectivity index (χ2v) is 5.28. The van der Waals surface area contributed by atoms with E-state index in [-0.39, 0.29) is 22.7 Å². The van der Waals surface area contributed by atoms with Gasteiger partial charge in [0, 0.05) is 6.07 Å². The van der Waals surface area contributed by atoms with E-state index in [1.807, 2.05) is 13.0 Å². The lowest BCUT2D eigenvalue weighted by atomic mass is 10.2. The summed E-state index contributed by atoms with van der Waals surface area (Å²) in [6, 6.07) is 16.4. The Kier molecular flexibility index (Phi) is 4.11. The van der Waals surface area contributed by atoms with Crippen LogP contribution in [0.1, 0.15) is 16.1 Å². The summed E-state index contributed by atoms with van der Waals surface area (Å²) in [6.07, 6.45) is 0. The monoisotopic (exact) mass is 321 g/mol. The summed E-state index contributed by atoms with van der Waals surface area (Å²) in [5.41, 5.74) is 1.45. The van der Waals surface area contributed by atoms with Crippen molar-refractivity contribution < 1.29 is 9.90 Å². The minimum atomic E-state index is -0.515. The summed E-state index contributed by atoms with van der Waals surface area (Å²) in [5.74, 6) is -0.543. The van der Waals surface area contributed by atoms with Crippen molar-refractivity contribution in [1.29, 1.82) is 0 Å². The fraction of sp³-hybridized carbons (Fsp3) is 0.0556. The zero-order chi connectivity index (χ0) is 17.1. The van der Waals surface area contributed by atoms with E-state index < -0.39 is 5.91 Å². The molecule has 0 saturated carbocycles. The summed E-state index contributed by atoms with van der Waals surface area (Å²) in [7, 11) is 0. The van der Waals surface area contributed by atoms with Gasteiger partial charge in [-0.3, -0.25) is 9.59 Å². The van der Waals surface area contributed by atoms with Gasteiger partial charge in [0.25, 0.3) is 11.5 Å². The largest absolute Gasteiger partial charge is 0.506 e. The Morgan fingerprint density at radius 3 is 2.54 bits per heavy atom. The molecular weight excluding hydrogens is 306 g/mol. The summed E-state index contributed by atoms with van der Waals surface area (Å²) in [4.78, 5) is 24.3. The smallest absolute Gasteiger partial charge is 0.276 e. The van der Waals surface area contributed by atoms with Crippen LogP contribution in [0.2, 0.25) is 0 Å². The van der Waals surface area contributed by atoms with Crippen LogP contribution in [-0.2, 0) is 0 Å². The third-order valence-corrected chi connectivity index (χ3v) is 3.44. The molecule has 1 heterocycles. The van der Waals surface area contributed by atoms with E-state index in [1.165, 1.54) is 12.1 Å². The van der Waals surface area contributed by atoms with Crippen molar-refractivity contribution in [2.24, 2.45) is 0 Å². The average Bonchev–Trinajstić information content (AvgIpc) is 2.58. The van der Waals surface area contributed by atoms with Crippen LogP contribution < -0.4 is 10.9 Å². The number of aryl methyl sites for hydroxylation is 1. The zero-order valence-corrected chi connectivity index (χ0v) is 12.9. The SMILES string of the molecule is Cc1ccc(NC(=O)c2ccc(=O)n(-c3ccccc3)n2)c(O)c1. The van der Waals surface area contributed by atoms with Gasteiger partial charge in [-0.2, -0.15) is 9.78 Å². The van der Waals surface area contributed by atoms with Crippen LogP contribution in [0.3, 0.4) is 0 Å². The molecule has 3 rings (SSSR count). The number of hydrogen-bond acceptors (Lipinski definition) is 4. The molecule has 1 amide bonds. The van der Waals surface area contributed by atoms with Crippen molar-refractivity contribution in [3.05, 3.63) is 82.3 Å². The first-order valence-electron chi connectivity index (χ1n) is 7.31. The highest BCUT2D eigenvalue weighted by atomic mass is 16.3. The molecule has 0 spiro atoms. The average molecular weight is 321 g/mol. The van der Waals surface area contributed by atoms with Crippen LogP contribution in [0.4, 0.5) is 5.69 Å². The third kappa shape index (κ3) is 3.17. The molecule has 3 aromatic rings. The molecule has 0 aliphatic heterocycles. The van der Waals surface area contributed by atoms with E-state index in [0.717, 1.165) is 10.2 Å². The number of anilines is 1. The molecule has 0 radical (unpaired) electrons. The molecule has 2 N–H and O–H groups in total. The minimum absolute atomic E-state index is 0.0280. The van der Waals surface area contributed by atoms with Gasteiger partial charge >= 0.3 is 0 Å². The maximum Gasteiger partial charge on any atom is 0.276 e. The van der Waals surface area contributed by atoms with E-state index in [4.69, 9.17) is 0 Å². The molecule has 120 valence electrons. The van der Waals surface area contributed by atoms with Crippen molar-refractivity contribution in [1.82, 2.24) is 9.78 Å². The maximum atomic E-state index is 12.3. The van der Waals surface area contributed by atoms with Crippen molar-refractivity contribution in [2.75, 3.05) is 5.32 Å². The van der Waals surface area contributed by atoms with Crippen LogP contribution in [0.5, 0.6) is 5.75 Å². The molecule has 0 bridgehead atoms. The van der Waals surface area contributed by atoms with Crippen LogP contribution in [-0.4, -0.2) is 20.8 Å². The number of carbonyl (C=O) groups excluding carboxylic acids is 1. The number of benzene rings is 2. The van der Waals surface area contributed by atoms with Gasteiger partial charge in [-0.25, -0.2) is 0 Å². The number of nitrogens with zero attached hydrogens (tertiary/aromatic N) is 2. The van der Waals surface area contributed by atoms with E-state index in [0.29, 0.717) is 5.69 Å². The molecular formula is C18H15N3O3. The van der Waals surface area contributed by atoms with Crippen molar-refractivity contribution in [3.63, 3.8) is 0 Å². The molecule has 0 unspecified atom stereocenters. The lowest BCUT2D eigenvalue weighted by Crippen LogP contribution is -2.24. The molecule has 0 atom stereocenters. The van der Waals surface area contributed by atoms with Crippen LogP contribution in [0.15, 0.2) is 65.5 Å². The molecule has 1 aromatic heterocycles. The first kappa shape index (κ1) is 15.5. The normalized spacial score (nSPS) is 10.4. The molecule has 0 aliphatic carbocycles. The van der Waals surface area contributed by atoms with Gasteiger partial charge in [-0.05, 0) is 42.8 Å². The van der Waals surface area contributed by atoms with E-state index in [2.05, 4.69) is 10.4 Å². The second kappa shape index (κ2) is 6.37. The Morgan fingerprint density at radius 1 is 1.08 bits per heavy atom. The zero-order valence-electron chi connectivity index (χ0n) is 12.9. The van der Waals surface area contributed by atoms with E-state index >= 15 is 0 Å². The Morgan fingerprint density at radius 2 is 1.83 bits per heavy atom.